The van der Waals surface area contributed by atoms with Gasteiger partial charge < -0.3 is 39.3 Å². The average Bonchev–Trinajstić information content (AvgIpc) is 3.94. The highest BCUT2D eigenvalue weighted by molar-refractivity contribution is 7.99. The van der Waals surface area contributed by atoms with Crippen molar-refractivity contribution >= 4 is 68.9 Å². The van der Waals surface area contributed by atoms with Crippen molar-refractivity contribution in [2.45, 2.75) is 110 Å². The first kappa shape index (κ1) is 46.3. The van der Waals surface area contributed by atoms with Crippen molar-refractivity contribution in [1.82, 2.24) is 24.8 Å². The first-order valence-corrected chi connectivity index (χ1v) is 21.8. The highest BCUT2D eigenvalue weighted by Gasteiger charge is 2.32. The van der Waals surface area contributed by atoms with E-state index in [4.69, 9.17) is 19.4 Å². The van der Waals surface area contributed by atoms with E-state index in [9.17, 15) is 24.6 Å². The summed E-state index contributed by atoms with van der Waals surface area (Å²) in [4.78, 5) is 56.8. The Bertz CT molecular complexity index is 2290. The number of methoxy groups -OCH3 is 2. The summed E-state index contributed by atoms with van der Waals surface area (Å²) >= 11 is 1.59. The number of carbonyl (C=O) groups is 3. The van der Waals surface area contributed by atoms with Gasteiger partial charge in [-0.1, -0.05) is 33.4 Å². The van der Waals surface area contributed by atoms with Gasteiger partial charge in [-0.2, -0.15) is 0 Å². The number of H-pyrrole nitrogens is 2. The van der Waals surface area contributed by atoms with Gasteiger partial charge >= 0.3 is 11.9 Å². The largest absolute Gasteiger partial charge is 0.469 e. The molecule has 4 N–H and O–H groups in total. The molecule has 6 heterocycles. The normalized spacial score (nSPS) is 18.7. The molecule has 0 aliphatic carbocycles. The number of nitrogens with one attached hydrogen (secondary N) is 2. The molecule has 0 saturated carbocycles. The van der Waals surface area contributed by atoms with Gasteiger partial charge in [0.05, 0.1) is 56.4 Å². The van der Waals surface area contributed by atoms with Gasteiger partial charge in [0.2, 0.25) is 0 Å². The SMILES string of the molecule is C=Cc1c(C)c2cc3nc(c(CC(=O)OC)c4nc(cc5[nH]c(cc1[nH]2)c(C)c5CC)C(C)=C4C(=O)N(C)CCCSC1CC(O)CC(CO)O1)CC3C.CCC(=O)OC. The van der Waals surface area contributed by atoms with Crippen LogP contribution in [0.15, 0.2) is 24.8 Å². The highest BCUT2D eigenvalue weighted by atomic mass is 32.2. The Morgan fingerprint density at radius 1 is 0.983 bits per heavy atom. The minimum absolute atomic E-state index is 0.0499. The number of hydrogen-bond donors (Lipinski definition) is 4. The van der Waals surface area contributed by atoms with Crippen LogP contribution < -0.4 is 0 Å². The molecule has 4 atom stereocenters. The smallest absolute Gasteiger partial charge is 0.310 e. The number of fused-ring (bicyclic) bond motifs is 8. The van der Waals surface area contributed by atoms with E-state index in [1.807, 2.05) is 19.1 Å². The van der Waals surface area contributed by atoms with E-state index in [2.05, 4.69) is 61.1 Å². The quantitative estimate of drug-likeness (QED) is 0.108. The molecule has 1 fully saturated rings. The Labute approximate surface area is 357 Å². The summed E-state index contributed by atoms with van der Waals surface area (Å²) in [7, 11) is 4.53. The molecular weight excluding hydrogens is 783 g/mol. The summed E-state index contributed by atoms with van der Waals surface area (Å²) < 4.78 is 15.4. The van der Waals surface area contributed by atoms with Gasteiger partial charge in [0.25, 0.3) is 5.91 Å². The number of esters is 2. The molecule has 4 unspecified atom stereocenters. The molecule has 1 saturated heterocycles. The van der Waals surface area contributed by atoms with Gasteiger partial charge in [-0.25, -0.2) is 4.98 Å². The van der Waals surface area contributed by atoms with E-state index in [0.717, 1.165) is 62.0 Å². The molecule has 0 spiro atoms. The number of aryl methyl sites for hydroxylation is 3. The second-order valence-electron chi connectivity index (χ2n) is 15.6. The lowest BCUT2D eigenvalue weighted by molar-refractivity contribution is -0.140. The number of carbonyl (C=O) groups excluding carboxylic acids is 3. The van der Waals surface area contributed by atoms with Crippen LogP contribution in [-0.4, -0.2) is 111 Å². The number of allylic oxidation sites excluding steroid dienone is 1. The van der Waals surface area contributed by atoms with Crippen molar-refractivity contribution in [3.63, 3.8) is 0 Å². The van der Waals surface area contributed by atoms with Crippen LogP contribution in [0.1, 0.15) is 110 Å². The van der Waals surface area contributed by atoms with E-state index in [0.29, 0.717) is 72.6 Å². The molecule has 3 aliphatic heterocycles. The maximum Gasteiger partial charge on any atom is 0.310 e. The number of rotatable bonds is 12. The van der Waals surface area contributed by atoms with Crippen LogP contribution in [0.25, 0.3) is 39.3 Å². The Morgan fingerprint density at radius 3 is 2.32 bits per heavy atom. The first-order valence-electron chi connectivity index (χ1n) is 20.7. The number of likely N-dealkylation sites (N-methyl/N-ethyl adjacent to an activating group) is 1. The molecule has 324 valence electrons. The van der Waals surface area contributed by atoms with E-state index >= 15 is 0 Å². The maximum absolute atomic E-state index is 14.6. The van der Waals surface area contributed by atoms with Crippen molar-refractivity contribution in [1.29, 1.82) is 0 Å². The summed E-state index contributed by atoms with van der Waals surface area (Å²) in [5, 5.41) is 19.8. The van der Waals surface area contributed by atoms with Gasteiger partial charge in [-0.05, 0) is 86.2 Å². The number of aliphatic hydroxyl groups excluding tert-OH is 2. The van der Waals surface area contributed by atoms with E-state index in [1.165, 1.54) is 14.2 Å². The van der Waals surface area contributed by atoms with Crippen molar-refractivity contribution < 1.29 is 38.8 Å². The standard InChI is InChI=1S/C42H53N5O6S.C4H8O2/c1-9-28-23(4)32-18-31-22(3)14-35(43-31)30(17-38(50)52-8)41-40(42(51)47(7)12-11-13-54-39-16-26(49)15-27(21-48)53-39)25(6)34(46-41)20-37-29(10-2)24(5)33(45-37)19-36(28)44-32;1-3-4(5)6-2/h9,18-20,22,26-27,39,44-45,48-49H,1,10-17,21H2,2-8H3;3H2,1-2H3. The third kappa shape index (κ3) is 10.4. The van der Waals surface area contributed by atoms with Crippen LogP contribution in [-0.2, 0) is 47.9 Å². The zero-order chi connectivity index (χ0) is 43.8. The maximum atomic E-state index is 14.6. The van der Waals surface area contributed by atoms with Crippen molar-refractivity contribution in [2.75, 3.05) is 40.2 Å². The minimum Gasteiger partial charge on any atom is -0.469 e. The third-order valence-electron chi connectivity index (χ3n) is 11.5. The highest BCUT2D eigenvalue weighted by Crippen LogP contribution is 2.37. The number of hydrogen-bond acceptors (Lipinski definition) is 11. The number of aliphatic hydroxyl groups is 2. The van der Waals surface area contributed by atoms with Gasteiger partial charge in [0.15, 0.2) is 0 Å². The molecule has 3 aliphatic rings. The molecule has 8 bridgehead atoms. The summed E-state index contributed by atoms with van der Waals surface area (Å²) in [5.41, 5.74) is 12.4. The molecule has 3 aromatic heterocycles. The van der Waals surface area contributed by atoms with Gasteiger partial charge in [-0.3, -0.25) is 19.4 Å². The summed E-state index contributed by atoms with van der Waals surface area (Å²) in [6.45, 7) is 16.6. The van der Waals surface area contributed by atoms with Crippen LogP contribution in [0.3, 0.4) is 0 Å². The second-order valence-corrected chi connectivity index (χ2v) is 16.8. The lowest BCUT2D eigenvalue weighted by Crippen LogP contribution is -2.36. The zero-order valence-electron chi connectivity index (χ0n) is 36.5. The summed E-state index contributed by atoms with van der Waals surface area (Å²) in [6.07, 6.45) is 4.41. The van der Waals surface area contributed by atoms with E-state index < -0.39 is 12.1 Å². The zero-order valence-corrected chi connectivity index (χ0v) is 37.3. The molecule has 13 nitrogen and oxygen atoms in total. The number of ether oxygens (including phenoxy) is 3. The molecular formula is C46H61N5O8S. The van der Waals surface area contributed by atoms with Crippen molar-refractivity contribution in [3.05, 3.63) is 75.4 Å². The van der Waals surface area contributed by atoms with Crippen LogP contribution in [0.4, 0.5) is 0 Å². The van der Waals surface area contributed by atoms with Crippen LogP contribution in [0.5, 0.6) is 0 Å². The van der Waals surface area contributed by atoms with Gasteiger partial charge in [-0.15, -0.1) is 11.8 Å². The molecule has 0 aromatic carbocycles. The second kappa shape index (κ2) is 20.7. The van der Waals surface area contributed by atoms with E-state index in [-0.39, 0.29) is 42.4 Å². The Morgan fingerprint density at radius 2 is 1.68 bits per heavy atom. The number of aromatic nitrogens is 4. The minimum atomic E-state index is -0.500. The molecule has 14 heteroatoms. The van der Waals surface area contributed by atoms with Crippen LogP contribution in [0, 0.1) is 13.8 Å². The predicted octanol–water partition coefficient (Wildman–Crippen LogP) is 7.14. The fraction of sp³-hybridized carbons (Fsp3) is 0.500. The number of thioether (sulfide) groups is 1. The monoisotopic (exact) mass is 843 g/mol. The predicted molar refractivity (Wildman–Crippen MR) is 238 cm³/mol. The van der Waals surface area contributed by atoms with Gasteiger partial charge in [0, 0.05) is 83.4 Å². The lowest BCUT2D eigenvalue weighted by atomic mass is 9.96. The topological polar surface area (TPSA) is 180 Å². The Kier molecular flexibility index (Phi) is 16.0. The lowest BCUT2D eigenvalue weighted by Gasteiger charge is -2.32. The number of amides is 1. The first-order chi connectivity index (χ1) is 28.7. The molecule has 0 radical (unpaired) electrons. The van der Waals surface area contributed by atoms with Crippen molar-refractivity contribution in [2.24, 2.45) is 0 Å². The Hall–Kier alpha value is -4.76. The summed E-state index contributed by atoms with van der Waals surface area (Å²) in [5.74, 6) is -0.0220. The third-order valence-corrected chi connectivity index (χ3v) is 12.7. The summed E-state index contributed by atoms with van der Waals surface area (Å²) in [6, 6.07) is 6.22. The van der Waals surface area contributed by atoms with Crippen LogP contribution in [0.2, 0.25) is 0 Å². The fourth-order valence-electron chi connectivity index (χ4n) is 7.93. The Balaban J connectivity index is 0.00000106. The van der Waals surface area contributed by atoms with Crippen LogP contribution >= 0.6 is 11.8 Å². The molecule has 60 heavy (non-hydrogen) atoms. The fourth-order valence-corrected chi connectivity index (χ4v) is 9.08. The van der Waals surface area contributed by atoms with Gasteiger partial charge in [0.1, 0.15) is 5.44 Å². The van der Waals surface area contributed by atoms with Crippen molar-refractivity contribution in [3.8, 4) is 0 Å². The molecule has 6 rings (SSSR count). The molecule has 3 aromatic rings. The van der Waals surface area contributed by atoms with E-state index in [1.54, 1.807) is 30.6 Å². The number of aromatic amines is 2. The number of nitrogens with zero attached hydrogens (tertiary/aromatic N) is 3. The average molecular weight is 844 g/mol. The molecule has 1 amide bonds.